The number of nitrogens with zero attached hydrogens (tertiary/aromatic N) is 4. The average molecular weight is 408 g/mol. The minimum atomic E-state index is -0.126. The van der Waals surface area contributed by atoms with Crippen molar-refractivity contribution in [1.29, 1.82) is 0 Å². The summed E-state index contributed by atoms with van der Waals surface area (Å²) in [5, 5.41) is 8.79. The predicted octanol–water partition coefficient (Wildman–Crippen LogP) is 2.94. The molecule has 4 rings (SSSR count). The molecular weight excluding hydrogens is 392 g/mol. The van der Waals surface area contributed by atoms with Crippen LogP contribution in [0, 0.1) is 0 Å². The van der Waals surface area contributed by atoms with Crippen LogP contribution in [0.5, 0.6) is 0 Å². The van der Waals surface area contributed by atoms with E-state index in [0.29, 0.717) is 17.4 Å². The Balaban J connectivity index is 1.60. The van der Waals surface area contributed by atoms with Crippen molar-refractivity contribution in [3.05, 3.63) is 99.0 Å². The van der Waals surface area contributed by atoms with Crippen LogP contribution in [0.15, 0.2) is 82.3 Å². The van der Waals surface area contributed by atoms with Crippen molar-refractivity contribution in [1.82, 2.24) is 15.0 Å². The van der Waals surface area contributed by atoms with Gasteiger partial charge in [-0.2, -0.15) is 0 Å². The molecule has 0 aliphatic heterocycles. The SMILES string of the molecule is O=c1c2ccccc2nnn1Cc1ccc[n+](Cc2ccc(Br)cc2)c1. The molecule has 4 aromatic rings. The molecule has 6 heteroatoms. The topological polar surface area (TPSA) is 51.7 Å². The van der Waals surface area contributed by atoms with Gasteiger partial charge in [-0.25, -0.2) is 9.25 Å². The summed E-state index contributed by atoms with van der Waals surface area (Å²) in [5.74, 6) is 0. The van der Waals surface area contributed by atoms with Gasteiger partial charge in [-0.3, -0.25) is 4.79 Å². The second-order valence-electron chi connectivity index (χ2n) is 6.08. The van der Waals surface area contributed by atoms with Crippen molar-refractivity contribution in [3.63, 3.8) is 0 Å². The van der Waals surface area contributed by atoms with Gasteiger partial charge in [0.15, 0.2) is 18.9 Å². The van der Waals surface area contributed by atoms with Gasteiger partial charge in [0.1, 0.15) is 5.52 Å². The molecule has 0 atom stereocenters. The second kappa shape index (κ2) is 7.17. The highest BCUT2D eigenvalue weighted by molar-refractivity contribution is 9.10. The molecule has 0 aliphatic carbocycles. The van der Waals surface area contributed by atoms with E-state index in [0.717, 1.165) is 16.6 Å². The van der Waals surface area contributed by atoms with E-state index in [1.54, 1.807) is 12.1 Å². The Bertz CT molecular complexity index is 1120. The predicted molar refractivity (Wildman–Crippen MR) is 103 cm³/mol. The molecule has 0 saturated heterocycles. The fourth-order valence-electron chi connectivity index (χ4n) is 2.87. The lowest BCUT2D eigenvalue weighted by Crippen LogP contribution is -2.34. The van der Waals surface area contributed by atoms with Gasteiger partial charge in [0.2, 0.25) is 0 Å². The van der Waals surface area contributed by atoms with Gasteiger partial charge < -0.3 is 0 Å². The number of aromatic nitrogens is 4. The van der Waals surface area contributed by atoms with Gasteiger partial charge in [-0.15, -0.1) is 5.10 Å². The normalized spacial score (nSPS) is 11.0. The smallest absolute Gasteiger partial charge is 0.267 e. The van der Waals surface area contributed by atoms with E-state index in [1.807, 2.05) is 48.8 Å². The van der Waals surface area contributed by atoms with Crippen LogP contribution in [0.2, 0.25) is 0 Å². The second-order valence-corrected chi connectivity index (χ2v) is 7.00. The maximum atomic E-state index is 12.6. The molecule has 0 unspecified atom stereocenters. The lowest BCUT2D eigenvalue weighted by molar-refractivity contribution is -0.688. The highest BCUT2D eigenvalue weighted by atomic mass is 79.9. The largest absolute Gasteiger partial charge is 0.277 e. The first-order chi connectivity index (χ1) is 12.7. The van der Waals surface area contributed by atoms with E-state index in [-0.39, 0.29) is 5.56 Å². The molecule has 2 aromatic heterocycles. The van der Waals surface area contributed by atoms with Crippen LogP contribution in [0.4, 0.5) is 0 Å². The van der Waals surface area contributed by atoms with E-state index in [9.17, 15) is 4.79 Å². The third-order valence-corrected chi connectivity index (χ3v) is 4.69. The lowest BCUT2D eigenvalue weighted by Gasteiger charge is -2.05. The number of benzene rings is 2. The third-order valence-electron chi connectivity index (χ3n) is 4.16. The summed E-state index contributed by atoms with van der Waals surface area (Å²) >= 11 is 3.45. The highest BCUT2D eigenvalue weighted by Gasteiger charge is 2.09. The van der Waals surface area contributed by atoms with Crippen molar-refractivity contribution in [3.8, 4) is 0 Å². The minimum absolute atomic E-state index is 0.126. The van der Waals surface area contributed by atoms with Crippen LogP contribution < -0.4 is 10.1 Å². The quantitative estimate of drug-likeness (QED) is 0.488. The van der Waals surface area contributed by atoms with E-state index in [4.69, 9.17) is 0 Å². The van der Waals surface area contributed by atoms with Crippen LogP contribution in [-0.4, -0.2) is 15.0 Å². The van der Waals surface area contributed by atoms with Gasteiger partial charge in [-0.05, 0) is 30.3 Å². The Morgan fingerprint density at radius 1 is 0.962 bits per heavy atom. The zero-order valence-corrected chi connectivity index (χ0v) is 15.5. The van der Waals surface area contributed by atoms with Crippen LogP contribution in [0.1, 0.15) is 11.1 Å². The third kappa shape index (κ3) is 3.55. The van der Waals surface area contributed by atoms with E-state index < -0.39 is 0 Å². The summed E-state index contributed by atoms with van der Waals surface area (Å²) < 4.78 is 4.56. The van der Waals surface area contributed by atoms with Crippen molar-refractivity contribution < 1.29 is 4.57 Å². The molecule has 0 amide bonds. The van der Waals surface area contributed by atoms with Gasteiger partial charge in [0.25, 0.3) is 5.56 Å². The molecule has 26 heavy (non-hydrogen) atoms. The van der Waals surface area contributed by atoms with E-state index in [1.165, 1.54) is 10.2 Å². The Morgan fingerprint density at radius 3 is 2.62 bits per heavy atom. The first-order valence-corrected chi connectivity index (χ1v) is 9.03. The summed E-state index contributed by atoms with van der Waals surface area (Å²) in [5.41, 5.74) is 2.69. The summed E-state index contributed by atoms with van der Waals surface area (Å²) in [6, 6.07) is 19.5. The van der Waals surface area contributed by atoms with E-state index >= 15 is 0 Å². The van der Waals surface area contributed by atoms with Crippen LogP contribution in [-0.2, 0) is 13.1 Å². The van der Waals surface area contributed by atoms with Crippen molar-refractivity contribution >= 4 is 26.8 Å². The lowest BCUT2D eigenvalue weighted by atomic mass is 10.2. The molecule has 0 fully saturated rings. The summed E-state index contributed by atoms with van der Waals surface area (Å²) in [7, 11) is 0. The van der Waals surface area contributed by atoms with Crippen LogP contribution in [0.25, 0.3) is 10.9 Å². The zero-order valence-electron chi connectivity index (χ0n) is 13.9. The first kappa shape index (κ1) is 16.6. The molecule has 0 aliphatic rings. The average Bonchev–Trinajstić information content (AvgIpc) is 2.66. The van der Waals surface area contributed by atoms with Crippen LogP contribution >= 0.6 is 15.9 Å². The number of hydrogen-bond acceptors (Lipinski definition) is 3. The highest BCUT2D eigenvalue weighted by Crippen LogP contribution is 2.10. The first-order valence-electron chi connectivity index (χ1n) is 8.24. The molecule has 5 nitrogen and oxygen atoms in total. The van der Waals surface area contributed by atoms with Gasteiger partial charge in [0, 0.05) is 21.7 Å². The standard InChI is InChI=1S/C20H16BrN4O/c21-17-9-7-15(8-10-17)12-24-11-3-4-16(13-24)14-25-20(26)18-5-1-2-6-19(18)22-23-25/h1-11,13H,12,14H2/q+1. The molecule has 0 spiro atoms. The van der Waals surface area contributed by atoms with Crippen molar-refractivity contribution in [2.45, 2.75) is 13.1 Å². The summed E-state index contributed by atoms with van der Waals surface area (Å²) in [6.07, 6.45) is 4.05. The molecule has 2 aromatic carbocycles. The fourth-order valence-corrected chi connectivity index (χ4v) is 3.13. The van der Waals surface area contributed by atoms with E-state index in [2.05, 4.69) is 42.9 Å². The number of fused-ring (bicyclic) bond motifs is 1. The van der Waals surface area contributed by atoms with Gasteiger partial charge in [0.05, 0.1) is 11.9 Å². The van der Waals surface area contributed by atoms with Crippen molar-refractivity contribution in [2.75, 3.05) is 0 Å². The van der Waals surface area contributed by atoms with Crippen molar-refractivity contribution in [2.24, 2.45) is 0 Å². The minimum Gasteiger partial charge on any atom is -0.267 e. The van der Waals surface area contributed by atoms with Gasteiger partial charge in [-0.1, -0.05) is 45.4 Å². The monoisotopic (exact) mass is 407 g/mol. The van der Waals surface area contributed by atoms with Gasteiger partial charge >= 0.3 is 0 Å². The fraction of sp³-hybridized carbons (Fsp3) is 0.100. The summed E-state index contributed by atoms with van der Waals surface area (Å²) in [6.45, 7) is 1.15. The molecular formula is C20H16BrN4O+. The molecule has 0 saturated carbocycles. The molecule has 0 N–H and O–H groups in total. The van der Waals surface area contributed by atoms with Crippen LogP contribution in [0.3, 0.4) is 0 Å². The number of hydrogen-bond donors (Lipinski definition) is 0. The number of rotatable bonds is 4. The Kier molecular flexibility index (Phi) is 4.58. The molecule has 0 radical (unpaired) electrons. The number of pyridine rings is 1. The molecule has 0 bridgehead atoms. The maximum Gasteiger partial charge on any atom is 0.277 e. The molecule has 128 valence electrons. The Hall–Kier alpha value is -2.86. The molecule has 2 heterocycles. The Morgan fingerprint density at radius 2 is 1.77 bits per heavy atom. The summed E-state index contributed by atoms with van der Waals surface area (Å²) in [4.78, 5) is 12.6. The number of halogens is 1. The maximum absolute atomic E-state index is 12.6. The Labute approximate surface area is 158 Å². The zero-order chi connectivity index (χ0) is 17.9.